The molecule has 18 heavy (non-hydrogen) atoms. The molecule has 2 aromatic carbocycles. The molecule has 2 rings (SSSR count). The Hall–Kier alpha value is -1.03. The standard InChI is InChI=1S/C14H13BrClNO/c15-13-7-12(16)6-5-10(13)8-17-9-11-3-1-2-4-14(11)18/h1-7,17-18H,8-9H2. The first-order chi connectivity index (χ1) is 8.66. The Kier molecular flexibility index (Phi) is 4.64. The summed E-state index contributed by atoms with van der Waals surface area (Å²) in [5.41, 5.74) is 2.03. The molecule has 4 heteroatoms. The van der Waals surface area contributed by atoms with Crippen LogP contribution in [0.2, 0.25) is 5.02 Å². The Balaban J connectivity index is 1.95. The number of phenolic OH excluding ortho intramolecular Hbond substituents is 1. The van der Waals surface area contributed by atoms with Crippen molar-refractivity contribution >= 4 is 27.5 Å². The highest BCUT2D eigenvalue weighted by atomic mass is 79.9. The molecule has 0 atom stereocenters. The molecule has 0 saturated carbocycles. The molecule has 0 spiro atoms. The summed E-state index contributed by atoms with van der Waals surface area (Å²) in [4.78, 5) is 0. The maximum atomic E-state index is 9.63. The third-order valence-electron chi connectivity index (χ3n) is 2.64. The van der Waals surface area contributed by atoms with Gasteiger partial charge in [0.05, 0.1) is 0 Å². The number of para-hydroxylation sites is 1. The largest absolute Gasteiger partial charge is 0.508 e. The highest BCUT2D eigenvalue weighted by Crippen LogP contribution is 2.21. The number of nitrogens with one attached hydrogen (secondary N) is 1. The number of hydrogen-bond acceptors (Lipinski definition) is 2. The van der Waals surface area contributed by atoms with Gasteiger partial charge < -0.3 is 10.4 Å². The van der Waals surface area contributed by atoms with E-state index in [9.17, 15) is 5.11 Å². The monoisotopic (exact) mass is 325 g/mol. The van der Waals surface area contributed by atoms with E-state index in [4.69, 9.17) is 11.6 Å². The molecule has 0 fully saturated rings. The summed E-state index contributed by atoms with van der Waals surface area (Å²) in [6.07, 6.45) is 0. The molecule has 0 bridgehead atoms. The van der Waals surface area contributed by atoms with Gasteiger partial charge in [0, 0.05) is 28.1 Å². The fourth-order valence-corrected chi connectivity index (χ4v) is 2.48. The van der Waals surface area contributed by atoms with Crippen LogP contribution in [0.5, 0.6) is 5.75 Å². The third kappa shape index (κ3) is 3.48. The fraction of sp³-hybridized carbons (Fsp3) is 0.143. The fourth-order valence-electron chi connectivity index (χ4n) is 1.66. The van der Waals surface area contributed by atoms with Crippen LogP contribution in [-0.2, 0) is 13.1 Å². The number of halogens is 2. The third-order valence-corrected chi connectivity index (χ3v) is 3.61. The molecule has 2 nitrogen and oxygen atoms in total. The molecule has 0 saturated heterocycles. The van der Waals surface area contributed by atoms with Crippen LogP contribution in [0.4, 0.5) is 0 Å². The molecule has 0 unspecified atom stereocenters. The van der Waals surface area contributed by atoms with Gasteiger partial charge in [-0.25, -0.2) is 0 Å². The normalized spacial score (nSPS) is 10.6. The topological polar surface area (TPSA) is 32.3 Å². The first-order valence-corrected chi connectivity index (χ1v) is 6.75. The maximum absolute atomic E-state index is 9.63. The van der Waals surface area contributed by atoms with E-state index in [1.807, 2.05) is 36.4 Å². The van der Waals surface area contributed by atoms with Crippen LogP contribution in [0.15, 0.2) is 46.9 Å². The summed E-state index contributed by atoms with van der Waals surface area (Å²) in [6, 6.07) is 13.0. The molecule has 2 aromatic rings. The van der Waals surface area contributed by atoms with Crippen LogP contribution >= 0.6 is 27.5 Å². The van der Waals surface area contributed by atoms with Crippen molar-refractivity contribution in [3.05, 3.63) is 63.1 Å². The van der Waals surface area contributed by atoms with Crippen molar-refractivity contribution in [1.29, 1.82) is 0 Å². The molecule has 94 valence electrons. The predicted octanol–water partition coefficient (Wildman–Crippen LogP) is 4.10. The summed E-state index contributed by atoms with van der Waals surface area (Å²) in [7, 11) is 0. The van der Waals surface area contributed by atoms with Gasteiger partial charge in [0.2, 0.25) is 0 Å². The molecule has 0 amide bonds. The summed E-state index contributed by atoms with van der Waals surface area (Å²) < 4.78 is 0.986. The Morgan fingerprint density at radius 1 is 1.06 bits per heavy atom. The predicted molar refractivity (Wildman–Crippen MR) is 77.8 cm³/mol. The van der Waals surface area contributed by atoms with Gasteiger partial charge in [-0.15, -0.1) is 0 Å². The molecule has 0 heterocycles. The van der Waals surface area contributed by atoms with Gasteiger partial charge in [-0.1, -0.05) is 51.8 Å². The van der Waals surface area contributed by atoms with Crippen LogP contribution in [0.25, 0.3) is 0 Å². The molecule has 0 aliphatic carbocycles. The molecule has 0 aromatic heterocycles. The second-order valence-corrected chi connectivity index (χ2v) is 5.26. The van der Waals surface area contributed by atoms with Crippen molar-refractivity contribution < 1.29 is 5.11 Å². The van der Waals surface area contributed by atoms with Crippen molar-refractivity contribution in [3.63, 3.8) is 0 Å². The number of benzene rings is 2. The average molecular weight is 327 g/mol. The highest BCUT2D eigenvalue weighted by molar-refractivity contribution is 9.10. The number of hydrogen-bond donors (Lipinski definition) is 2. The van der Waals surface area contributed by atoms with Crippen LogP contribution in [0, 0.1) is 0 Å². The summed E-state index contributed by atoms with van der Waals surface area (Å²) in [5.74, 6) is 0.320. The molecule has 0 aliphatic rings. The molecule has 0 aliphatic heterocycles. The van der Waals surface area contributed by atoms with E-state index in [1.165, 1.54) is 0 Å². The second-order valence-electron chi connectivity index (χ2n) is 3.97. The Morgan fingerprint density at radius 2 is 1.78 bits per heavy atom. The summed E-state index contributed by atoms with van der Waals surface area (Å²) >= 11 is 9.36. The summed E-state index contributed by atoms with van der Waals surface area (Å²) in [5, 5.41) is 13.6. The van der Waals surface area contributed by atoms with Gasteiger partial charge in [-0.2, -0.15) is 0 Å². The Bertz CT molecular complexity index is 545. The molecule has 2 N–H and O–H groups in total. The van der Waals surface area contributed by atoms with Crippen molar-refractivity contribution in [2.45, 2.75) is 13.1 Å². The minimum atomic E-state index is 0.320. The minimum absolute atomic E-state index is 0.320. The lowest BCUT2D eigenvalue weighted by molar-refractivity contribution is 0.464. The van der Waals surface area contributed by atoms with E-state index in [1.54, 1.807) is 6.07 Å². The van der Waals surface area contributed by atoms with E-state index in [2.05, 4.69) is 21.2 Å². The zero-order chi connectivity index (χ0) is 13.0. The van der Waals surface area contributed by atoms with Crippen LogP contribution in [-0.4, -0.2) is 5.11 Å². The molecule has 0 radical (unpaired) electrons. The van der Waals surface area contributed by atoms with E-state index in [0.29, 0.717) is 23.9 Å². The average Bonchev–Trinajstić information content (AvgIpc) is 2.34. The lowest BCUT2D eigenvalue weighted by Crippen LogP contribution is -2.13. The van der Waals surface area contributed by atoms with Crippen molar-refractivity contribution in [1.82, 2.24) is 5.32 Å². The van der Waals surface area contributed by atoms with Crippen molar-refractivity contribution in [2.75, 3.05) is 0 Å². The quantitative estimate of drug-likeness (QED) is 0.886. The van der Waals surface area contributed by atoms with Crippen molar-refractivity contribution in [3.8, 4) is 5.75 Å². The lowest BCUT2D eigenvalue weighted by atomic mass is 10.2. The van der Waals surface area contributed by atoms with Gasteiger partial charge in [0.15, 0.2) is 0 Å². The van der Waals surface area contributed by atoms with Crippen LogP contribution in [0.1, 0.15) is 11.1 Å². The van der Waals surface area contributed by atoms with Gasteiger partial charge >= 0.3 is 0 Å². The van der Waals surface area contributed by atoms with Gasteiger partial charge in [0.1, 0.15) is 5.75 Å². The second kappa shape index (κ2) is 6.23. The number of aromatic hydroxyl groups is 1. The smallest absolute Gasteiger partial charge is 0.120 e. The van der Waals surface area contributed by atoms with Gasteiger partial charge in [-0.05, 0) is 23.8 Å². The van der Waals surface area contributed by atoms with Gasteiger partial charge in [0.25, 0.3) is 0 Å². The van der Waals surface area contributed by atoms with Crippen molar-refractivity contribution in [2.24, 2.45) is 0 Å². The first-order valence-electron chi connectivity index (χ1n) is 5.58. The van der Waals surface area contributed by atoms with E-state index in [-0.39, 0.29) is 0 Å². The Labute approximate surface area is 120 Å². The van der Waals surface area contributed by atoms with E-state index >= 15 is 0 Å². The number of rotatable bonds is 4. The minimum Gasteiger partial charge on any atom is -0.508 e. The number of phenols is 1. The van der Waals surface area contributed by atoms with Crippen LogP contribution < -0.4 is 5.32 Å². The maximum Gasteiger partial charge on any atom is 0.120 e. The van der Waals surface area contributed by atoms with Crippen LogP contribution in [0.3, 0.4) is 0 Å². The van der Waals surface area contributed by atoms with Gasteiger partial charge in [-0.3, -0.25) is 0 Å². The zero-order valence-electron chi connectivity index (χ0n) is 9.66. The SMILES string of the molecule is Oc1ccccc1CNCc1ccc(Cl)cc1Br. The first kappa shape index (κ1) is 13.4. The summed E-state index contributed by atoms with van der Waals surface area (Å²) in [6.45, 7) is 1.34. The Morgan fingerprint density at radius 3 is 2.50 bits per heavy atom. The molecular weight excluding hydrogens is 314 g/mol. The highest BCUT2D eigenvalue weighted by Gasteiger charge is 2.02. The van der Waals surface area contributed by atoms with E-state index in [0.717, 1.165) is 15.6 Å². The zero-order valence-corrected chi connectivity index (χ0v) is 12.0. The molecular formula is C14H13BrClNO. The lowest BCUT2D eigenvalue weighted by Gasteiger charge is -2.08. The van der Waals surface area contributed by atoms with E-state index < -0.39 is 0 Å².